The molecule has 1 aromatic rings. The lowest BCUT2D eigenvalue weighted by Crippen LogP contribution is -2.41. The van der Waals surface area contributed by atoms with Crippen LogP contribution in [0.4, 0.5) is 13.2 Å². The summed E-state index contributed by atoms with van der Waals surface area (Å²) in [5.41, 5.74) is 3.46. The molecule has 34 heavy (non-hydrogen) atoms. The van der Waals surface area contributed by atoms with Gasteiger partial charge in [-0.05, 0) is 30.5 Å². The van der Waals surface area contributed by atoms with Crippen molar-refractivity contribution < 1.29 is 45.2 Å². The van der Waals surface area contributed by atoms with E-state index in [9.17, 15) is 31.2 Å². The molecule has 0 bridgehead atoms. The number of carbonyl (C=O) groups is 2. The van der Waals surface area contributed by atoms with Crippen LogP contribution in [-0.2, 0) is 43.3 Å². The lowest BCUT2D eigenvalue weighted by atomic mass is 9.81. The summed E-state index contributed by atoms with van der Waals surface area (Å²) in [5, 5.41) is 0. The molecule has 0 aliphatic heterocycles. The van der Waals surface area contributed by atoms with Gasteiger partial charge in [0.1, 0.15) is 35.4 Å². The Labute approximate surface area is 199 Å². The molecule has 0 heterocycles. The van der Waals surface area contributed by atoms with Gasteiger partial charge in [0.25, 0.3) is 10.1 Å². The lowest BCUT2D eigenvalue weighted by Gasteiger charge is -2.25. The van der Waals surface area contributed by atoms with Crippen LogP contribution in [0.25, 0.3) is 0 Å². The Morgan fingerprint density at radius 1 is 1.09 bits per heavy atom. The predicted octanol–water partition coefficient (Wildman–Crippen LogP) is -0.0606. The first-order chi connectivity index (χ1) is 15.8. The molecule has 14 heteroatoms. The Morgan fingerprint density at radius 3 is 2.24 bits per heavy atom. The summed E-state index contributed by atoms with van der Waals surface area (Å²) >= 11 is 0. The van der Waals surface area contributed by atoms with Crippen molar-refractivity contribution in [2.45, 2.75) is 50.2 Å². The minimum Gasteiger partial charge on any atom is -0.455 e. The van der Waals surface area contributed by atoms with Gasteiger partial charge in [0.05, 0.1) is 11.5 Å². The fraction of sp³-hybridized carbons (Fsp3) is 0.500. The van der Waals surface area contributed by atoms with Crippen molar-refractivity contribution in [1.82, 2.24) is 0 Å². The van der Waals surface area contributed by atoms with Gasteiger partial charge in [0, 0.05) is 0 Å². The van der Waals surface area contributed by atoms with E-state index in [0.717, 1.165) is 29.3 Å². The van der Waals surface area contributed by atoms with Crippen LogP contribution in [0.3, 0.4) is 0 Å². The summed E-state index contributed by atoms with van der Waals surface area (Å²) in [4.78, 5) is 25.0. The fourth-order valence-electron chi connectivity index (χ4n) is 3.82. The Bertz CT molecular complexity index is 1040. The van der Waals surface area contributed by atoms with Crippen LogP contribution in [-0.4, -0.2) is 72.6 Å². The largest absolute Gasteiger partial charge is 0.455 e. The third-order valence-corrected chi connectivity index (χ3v) is 6.36. The fourth-order valence-corrected chi connectivity index (χ4v) is 4.46. The minimum atomic E-state index is -5.16. The van der Waals surface area contributed by atoms with Gasteiger partial charge in [-0.15, -0.1) is 0 Å². The van der Waals surface area contributed by atoms with E-state index in [1.54, 1.807) is 6.07 Å². The Morgan fingerprint density at radius 2 is 1.76 bits per heavy atom. The average Bonchev–Trinajstić information content (AvgIpc) is 2.76. The molecule has 1 N–H and O–H groups in total. The number of hydrogen-bond donors (Lipinski definition) is 1. The molecule has 3 atom stereocenters. The van der Waals surface area contributed by atoms with E-state index in [-0.39, 0.29) is 12.8 Å². The summed E-state index contributed by atoms with van der Waals surface area (Å²) in [5.74, 6) is -4.64. The van der Waals surface area contributed by atoms with Gasteiger partial charge in [0.15, 0.2) is 0 Å². The maximum absolute atomic E-state index is 13.0. The van der Waals surface area contributed by atoms with Crippen molar-refractivity contribution in [3.05, 3.63) is 46.5 Å². The zero-order chi connectivity index (χ0) is 25.7. The number of rotatable bonds is 9. The van der Waals surface area contributed by atoms with Crippen molar-refractivity contribution in [2.75, 3.05) is 5.75 Å². The molecule has 7 nitrogen and oxygen atoms in total. The van der Waals surface area contributed by atoms with E-state index in [0.29, 0.717) is 11.9 Å². The van der Waals surface area contributed by atoms with Gasteiger partial charge in [0.2, 0.25) is 6.10 Å². The molecule has 0 saturated carbocycles. The van der Waals surface area contributed by atoms with E-state index >= 15 is 0 Å². The van der Waals surface area contributed by atoms with E-state index in [2.05, 4.69) is 10.8 Å². The van der Waals surface area contributed by atoms with E-state index in [1.165, 1.54) is 12.2 Å². The quantitative estimate of drug-likeness (QED) is 0.219. The summed E-state index contributed by atoms with van der Waals surface area (Å²) in [6.07, 6.45) is -3.74. The molecule has 0 amide bonds. The summed E-state index contributed by atoms with van der Waals surface area (Å²) in [6, 6.07) is 3.88. The molecule has 0 fully saturated rings. The van der Waals surface area contributed by atoms with Gasteiger partial charge in [-0.2, -0.15) is 21.6 Å². The number of ether oxygens (including phenoxy) is 2. The maximum atomic E-state index is 13.0. The normalized spacial score (nSPS) is 19.4. The van der Waals surface area contributed by atoms with Gasteiger partial charge in [-0.25, -0.2) is 4.79 Å². The lowest BCUT2D eigenvalue weighted by molar-refractivity contribution is -0.217. The monoisotopic (exact) mass is 500 g/mol. The SMILES string of the molecule is BCc1cc(CB)c(CB)c(C(=O)OC2C=CC(C(=O)OC(CS(=O)(=O)O)C(F)(F)F)CC2)c1. The molecule has 1 aliphatic rings. The zero-order valence-corrected chi connectivity index (χ0v) is 20.0. The van der Waals surface area contributed by atoms with Gasteiger partial charge < -0.3 is 9.47 Å². The summed E-state index contributed by atoms with van der Waals surface area (Å²) < 4.78 is 79.3. The number of halogens is 3. The van der Waals surface area contributed by atoms with Crippen molar-refractivity contribution in [2.24, 2.45) is 5.92 Å². The minimum absolute atomic E-state index is 0.0412. The molecule has 3 unspecified atom stereocenters. The molecule has 0 saturated heterocycles. The third kappa shape index (κ3) is 7.66. The highest BCUT2D eigenvalue weighted by molar-refractivity contribution is 7.85. The van der Waals surface area contributed by atoms with Gasteiger partial charge in [-0.3, -0.25) is 9.35 Å². The Balaban J connectivity index is 2.09. The second-order valence-electron chi connectivity index (χ2n) is 8.07. The molecular weight excluding hydrogens is 474 g/mol. The summed E-state index contributed by atoms with van der Waals surface area (Å²) in [6.45, 7) is 0. The second kappa shape index (κ2) is 11.5. The molecule has 0 aromatic heterocycles. The molecular formula is C20H26B3F3O7S. The molecule has 0 spiro atoms. The number of carbonyl (C=O) groups excluding carboxylic acids is 2. The van der Waals surface area contributed by atoms with Crippen LogP contribution in [0.1, 0.15) is 39.9 Å². The molecule has 0 radical (unpaired) electrons. The van der Waals surface area contributed by atoms with Crippen LogP contribution in [0.15, 0.2) is 24.3 Å². The van der Waals surface area contributed by atoms with Crippen molar-refractivity contribution >= 4 is 45.6 Å². The van der Waals surface area contributed by atoms with E-state index in [4.69, 9.17) is 9.29 Å². The van der Waals surface area contributed by atoms with E-state index in [1.807, 2.05) is 23.5 Å². The number of benzene rings is 1. The first-order valence-electron chi connectivity index (χ1n) is 11.0. The second-order valence-corrected chi connectivity index (χ2v) is 9.57. The number of alkyl halides is 3. The summed E-state index contributed by atoms with van der Waals surface area (Å²) in [7, 11) is 0.917. The first-order valence-corrected chi connectivity index (χ1v) is 12.7. The maximum Gasteiger partial charge on any atom is 0.426 e. The van der Waals surface area contributed by atoms with Crippen LogP contribution in [0, 0.1) is 5.92 Å². The Hall–Kier alpha value is -2.21. The van der Waals surface area contributed by atoms with Crippen LogP contribution >= 0.6 is 0 Å². The molecule has 1 aromatic carbocycles. The average molecular weight is 500 g/mol. The molecule has 184 valence electrons. The number of esters is 2. The van der Waals surface area contributed by atoms with E-state index < -0.39 is 52.1 Å². The van der Waals surface area contributed by atoms with Crippen molar-refractivity contribution in [3.8, 4) is 0 Å². The highest BCUT2D eigenvalue weighted by Gasteiger charge is 2.46. The topological polar surface area (TPSA) is 107 Å². The standard InChI is InChI=1S/C20H26B3F3O7S/c21-7-11-5-13(8-22)16(9-23)15(6-11)19(28)32-14-3-1-12(2-4-14)18(27)33-17(20(24,25)26)10-34(29,30)31/h1,3,5-6,12,14,17H,2,4,7-10,21-23H2,(H,29,30,31). The Kier molecular flexibility index (Phi) is 9.47. The van der Waals surface area contributed by atoms with Gasteiger partial charge >= 0.3 is 18.1 Å². The van der Waals surface area contributed by atoms with Crippen LogP contribution in [0.5, 0.6) is 0 Å². The molecule has 1 aliphatic carbocycles. The molecule has 2 rings (SSSR count). The van der Waals surface area contributed by atoms with Crippen molar-refractivity contribution in [1.29, 1.82) is 0 Å². The number of hydrogen-bond acceptors (Lipinski definition) is 6. The smallest absolute Gasteiger partial charge is 0.426 e. The van der Waals surface area contributed by atoms with Crippen LogP contribution in [0.2, 0.25) is 0 Å². The van der Waals surface area contributed by atoms with Crippen molar-refractivity contribution in [3.63, 3.8) is 0 Å². The first kappa shape index (κ1) is 28.0. The van der Waals surface area contributed by atoms with Crippen LogP contribution < -0.4 is 0 Å². The predicted molar refractivity (Wildman–Crippen MR) is 127 cm³/mol. The third-order valence-electron chi connectivity index (χ3n) is 5.63. The zero-order valence-electron chi connectivity index (χ0n) is 19.2. The van der Waals surface area contributed by atoms with Gasteiger partial charge in [-0.1, -0.05) is 42.2 Å². The highest BCUT2D eigenvalue weighted by atomic mass is 32.2. The highest BCUT2D eigenvalue weighted by Crippen LogP contribution is 2.28.